The van der Waals surface area contributed by atoms with Crippen LogP contribution in [-0.4, -0.2) is 41.3 Å². The molecule has 0 fully saturated rings. The molecule has 0 saturated heterocycles. The Labute approximate surface area is 117 Å². The number of rotatable bonds is 7. The van der Waals surface area contributed by atoms with Crippen LogP contribution in [0.5, 0.6) is 5.75 Å². The molecule has 0 radical (unpaired) electrons. The standard InChI is InChI=1S/C14H19FN2O3/c1-9(2)6-17(8-14(16)20)7-13(19)11-5-10(15)3-4-12(11)18/h3-5,9,18H,6-8H2,1-2H3,(H2,16,20). The lowest BCUT2D eigenvalue weighted by molar-refractivity contribution is -0.119. The average Bonchev–Trinajstić information content (AvgIpc) is 2.30. The first kappa shape index (κ1) is 16.1. The number of nitrogens with two attached hydrogens (primary N) is 1. The summed E-state index contributed by atoms with van der Waals surface area (Å²) in [5.74, 6) is -1.63. The number of aromatic hydroxyl groups is 1. The van der Waals surface area contributed by atoms with Gasteiger partial charge in [0.2, 0.25) is 5.91 Å². The van der Waals surface area contributed by atoms with Crippen molar-refractivity contribution in [2.24, 2.45) is 11.7 Å². The van der Waals surface area contributed by atoms with E-state index >= 15 is 0 Å². The molecule has 0 aliphatic carbocycles. The Kier molecular flexibility index (Phi) is 5.64. The predicted molar refractivity (Wildman–Crippen MR) is 72.9 cm³/mol. The smallest absolute Gasteiger partial charge is 0.231 e. The van der Waals surface area contributed by atoms with Crippen LogP contribution < -0.4 is 5.73 Å². The number of halogens is 1. The van der Waals surface area contributed by atoms with Crippen LogP contribution in [0.1, 0.15) is 24.2 Å². The van der Waals surface area contributed by atoms with Crippen molar-refractivity contribution >= 4 is 11.7 Å². The SMILES string of the molecule is CC(C)CN(CC(N)=O)CC(=O)c1cc(F)ccc1O. The fourth-order valence-electron chi connectivity index (χ4n) is 1.94. The second-order valence-electron chi connectivity index (χ2n) is 5.11. The number of primary amides is 1. The minimum absolute atomic E-state index is 0.0556. The molecule has 6 heteroatoms. The fourth-order valence-corrected chi connectivity index (χ4v) is 1.94. The fraction of sp³-hybridized carbons (Fsp3) is 0.429. The third-order valence-electron chi connectivity index (χ3n) is 2.63. The van der Waals surface area contributed by atoms with Crippen molar-refractivity contribution in [1.29, 1.82) is 0 Å². The summed E-state index contributed by atoms with van der Waals surface area (Å²) < 4.78 is 13.1. The van der Waals surface area contributed by atoms with Gasteiger partial charge < -0.3 is 10.8 Å². The van der Waals surface area contributed by atoms with Crippen LogP contribution in [-0.2, 0) is 4.79 Å². The number of carbonyl (C=O) groups excluding carboxylic acids is 2. The Balaban J connectivity index is 2.84. The van der Waals surface area contributed by atoms with Gasteiger partial charge in [0, 0.05) is 6.54 Å². The second kappa shape index (κ2) is 7.00. The maximum Gasteiger partial charge on any atom is 0.231 e. The Hall–Kier alpha value is -1.95. The first-order valence-corrected chi connectivity index (χ1v) is 6.32. The number of carbonyl (C=O) groups is 2. The molecule has 1 aromatic rings. The molecule has 110 valence electrons. The highest BCUT2D eigenvalue weighted by Crippen LogP contribution is 2.18. The number of benzene rings is 1. The van der Waals surface area contributed by atoms with Crippen molar-refractivity contribution in [3.8, 4) is 5.75 Å². The number of hydrogen-bond donors (Lipinski definition) is 2. The monoisotopic (exact) mass is 282 g/mol. The summed E-state index contributed by atoms with van der Waals surface area (Å²) in [5.41, 5.74) is 5.04. The summed E-state index contributed by atoms with van der Waals surface area (Å²) in [6.07, 6.45) is 0. The first-order valence-electron chi connectivity index (χ1n) is 6.32. The van der Waals surface area contributed by atoms with Crippen LogP contribution >= 0.6 is 0 Å². The van der Waals surface area contributed by atoms with Gasteiger partial charge in [0.15, 0.2) is 5.78 Å². The Morgan fingerprint density at radius 3 is 2.55 bits per heavy atom. The summed E-state index contributed by atoms with van der Waals surface area (Å²) in [4.78, 5) is 24.6. The Morgan fingerprint density at radius 1 is 1.35 bits per heavy atom. The molecule has 0 unspecified atom stereocenters. The molecule has 0 saturated carbocycles. The highest BCUT2D eigenvalue weighted by Gasteiger charge is 2.18. The number of nitrogens with zero attached hydrogens (tertiary/aromatic N) is 1. The van der Waals surface area contributed by atoms with E-state index in [2.05, 4.69) is 0 Å². The van der Waals surface area contributed by atoms with Crippen molar-refractivity contribution in [1.82, 2.24) is 4.90 Å². The molecule has 0 atom stereocenters. The van der Waals surface area contributed by atoms with Gasteiger partial charge in [0.1, 0.15) is 11.6 Å². The molecule has 0 heterocycles. The summed E-state index contributed by atoms with van der Waals surface area (Å²) >= 11 is 0. The topological polar surface area (TPSA) is 83.6 Å². The van der Waals surface area contributed by atoms with Crippen LogP contribution in [0.3, 0.4) is 0 Å². The van der Waals surface area contributed by atoms with Gasteiger partial charge in [0.25, 0.3) is 0 Å². The van der Waals surface area contributed by atoms with Gasteiger partial charge in [-0.15, -0.1) is 0 Å². The van der Waals surface area contributed by atoms with Gasteiger partial charge in [0.05, 0.1) is 18.7 Å². The summed E-state index contributed by atoms with van der Waals surface area (Å²) in [6.45, 7) is 4.24. The number of ketones is 1. The highest BCUT2D eigenvalue weighted by atomic mass is 19.1. The van der Waals surface area contributed by atoms with Crippen molar-refractivity contribution in [2.75, 3.05) is 19.6 Å². The maximum atomic E-state index is 13.1. The lowest BCUT2D eigenvalue weighted by Gasteiger charge is -2.22. The molecule has 0 bridgehead atoms. The number of amides is 1. The molecule has 0 aliphatic heterocycles. The third kappa shape index (κ3) is 4.97. The zero-order valence-corrected chi connectivity index (χ0v) is 11.6. The third-order valence-corrected chi connectivity index (χ3v) is 2.63. The molecule has 5 nitrogen and oxygen atoms in total. The minimum Gasteiger partial charge on any atom is -0.507 e. The van der Waals surface area contributed by atoms with Crippen molar-refractivity contribution in [2.45, 2.75) is 13.8 Å². The average molecular weight is 282 g/mol. The summed E-state index contributed by atoms with van der Waals surface area (Å²) in [5, 5.41) is 9.58. The minimum atomic E-state index is -0.600. The van der Waals surface area contributed by atoms with E-state index in [1.54, 1.807) is 4.90 Å². The number of phenols is 1. The maximum absolute atomic E-state index is 13.1. The molecule has 0 aliphatic rings. The van der Waals surface area contributed by atoms with Gasteiger partial charge in [-0.2, -0.15) is 0 Å². The van der Waals surface area contributed by atoms with Crippen LogP contribution in [0.15, 0.2) is 18.2 Å². The Morgan fingerprint density at radius 2 is 2.00 bits per heavy atom. The van der Waals surface area contributed by atoms with Gasteiger partial charge in [-0.05, 0) is 24.1 Å². The first-order chi connectivity index (χ1) is 9.29. The Bertz CT molecular complexity index is 503. The summed E-state index contributed by atoms with van der Waals surface area (Å²) in [7, 11) is 0. The molecule has 20 heavy (non-hydrogen) atoms. The van der Waals surface area contributed by atoms with Crippen molar-refractivity contribution < 1.29 is 19.1 Å². The lowest BCUT2D eigenvalue weighted by atomic mass is 10.1. The summed E-state index contributed by atoms with van der Waals surface area (Å²) in [6, 6.07) is 3.18. The van der Waals surface area contributed by atoms with E-state index in [1.165, 1.54) is 0 Å². The zero-order chi connectivity index (χ0) is 15.3. The van der Waals surface area contributed by atoms with E-state index in [0.29, 0.717) is 6.54 Å². The molecule has 1 amide bonds. The van der Waals surface area contributed by atoms with Crippen molar-refractivity contribution in [3.63, 3.8) is 0 Å². The molecule has 1 rings (SSSR count). The van der Waals surface area contributed by atoms with Gasteiger partial charge >= 0.3 is 0 Å². The van der Waals surface area contributed by atoms with Crippen LogP contribution in [0.2, 0.25) is 0 Å². The molecule has 1 aromatic carbocycles. The molecule has 0 spiro atoms. The largest absolute Gasteiger partial charge is 0.507 e. The van der Waals surface area contributed by atoms with E-state index < -0.39 is 17.5 Å². The van der Waals surface area contributed by atoms with Crippen molar-refractivity contribution in [3.05, 3.63) is 29.6 Å². The quantitative estimate of drug-likeness (QED) is 0.735. The van der Waals surface area contributed by atoms with Crippen LogP contribution in [0.4, 0.5) is 4.39 Å². The van der Waals surface area contributed by atoms with Gasteiger partial charge in [-0.1, -0.05) is 13.8 Å². The normalized spacial score (nSPS) is 11.1. The van der Waals surface area contributed by atoms with Crippen LogP contribution in [0, 0.1) is 11.7 Å². The molecular formula is C14H19FN2O3. The van der Waals surface area contributed by atoms with E-state index in [9.17, 15) is 19.1 Å². The van der Waals surface area contributed by atoms with E-state index in [-0.39, 0.29) is 30.3 Å². The predicted octanol–water partition coefficient (Wildman–Crippen LogP) is 1.16. The number of Topliss-reactive ketones (excluding diaryl/α,β-unsaturated/α-hetero) is 1. The molecular weight excluding hydrogens is 263 g/mol. The second-order valence-corrected chi connectivity index (χ2v) is 5.11. The van der Waals surface area contributed by atoms with E-state index in [0.717, 1.165) is 18.2 Å². The molecule has 0 aromatic heterocycles. The number of phenolic OH excluding ortho intramolecular Hbond substituents is 1. The highest BCUT2D eigenvalue weighted by molar-refractivity contribution is 6.00. The van der Waals surface area contributed by atoms with Gasteiger partial charge in [-0.3, -0.25) is 14.5 Å². The van der Waals surface area contributed by atoms with Gasteiger partial charge in [-0.25, -0.2) is 4.39 Å². The van der Waals surface area contributed by atoms with E-state index in [1.807, 2.05) is 13.8 Å². The molecule has 3 N–H and O–H groups in total. The lowest BCUT2D eigenvalue weighted by Crippen LogP contribution is -2.39. The van der Waals surface area contributed by atoms with E-state index in [4.69, 9.17) is 5.73 Å². The number of hydrogen-bond acceptors (Lipinski definition) is 4. The zero-order valence-electron chi connectivity index (χ0n) is 11.6. The van der Waals surface area contributed by atoms with Crippen LogP contribution in [0.25, 0.3) is 0 Å².